The first-order chi connectivity index (χ1) is 9.88. The van der Waals surface area contributed by atoms with Crippen molar-refractivity contribution in [1.29, 1.82) is 0 Å². The van der Waals surface area contributed by atoms with Gasteiger partial charge in [0.2, 0.25) is 0 Å². The molecular formula is C15H15F3O2S. The molecule has 3 rings (SSSR count). The quantitative estimate of drug-likeness (QED) is 0.782. The van der Waals surface area contributed by atoms with Crippen LogP contribution < -0.4 is 0 Å². The molecule has 2 nitrogen and oxygen atoms in total. The van der Waals surface area contributed by atoms with Crippen molar-refractivity contribution in [2.45, 2.75) is 42.4 Å². The van der Waals surface area contributed by atoms with E-state index in [-0.39, 0.29) is 16.1 Å². The Morgan fingerprint density at radius 2 is 1.67 bits per heavy atom. The van der Waals surface area contributed by atoms with E-state index >= 15 is 0 Å². The maximum absolute atomic E-state index is 13.0. The zero-order valence-electron chi connectivity index (χ0n) is 11.2. The van der Waals surface area contributed by atoms with Crippen LogP contribution in [0.25, 0.3) is 0 Å². The summed E-state index contributed by atoms with van der Waals surface area (Å²) in [5.74, 6) is -0.875. The van der Waals surface area contributed by atoms with Crippen LogP contribution >= 0.6 is 0 Å². The average molecular weight is 316 g/mol. The molecule has 2 unspecified atom stereocenters. The van der Waals surface area contributed by atoms with Crippen molar-refractivity contribution in [1.82, 2.24) is 0 Å². The number of halogens is 3. The molecule has 2 bridgehead atoms. The number of hydrogen-bond acceptors (Lipinski definition) is 2. The molecule has 114 valence electrons. The topological polar surface area (TPSA) is 34.1 Å². The van der Waals surface area contributed by atoms with Gasteiger partial charge in [-0.05, 0) is 31.7 Å². The lowest BCUT2D eigenvalue weighted by atomic mass is 9.88. The van der Waals surface area contributed by atoms with E-state index in [2.05, 4.69) is 0 Å². The van der Waals surface area contributed by atoms with Crippen LogP contribution in [0.4, 0.5) is 13.2 Å². The second kappa shape index (κ2) is 5.23. The fraction of sp³-hybridized carbons (Fsp3) is 0.533. The molecule has 2 atom stereocenters. The first kappa shape index (κ1) is 14.8. The monoisotopic (exact) mass is 316 g/mol. The summed E-state index contributed by atoms with van der Waals surface area (Å²) < 4.78 is 50.9. The second-order valence-electron chi connectivity index (χ2n) is 5.73. The minimum Gasteiger partial charge on any atom is -0.294 e. The lowest BCUT2D eigenvalue weighted by Crippen LogP contribution is -2.33. The maximum Gasteiger partial charge on any atom is 0.417 e. The number of carbonyl (C=O) groups excluding carboxylic acids is 1. The van der Waals surface area contributed by atoms with Gasteiger partial charge in [0.05, 0.1) is 5.56 Å². The number of Topliss-reactive ketones (excluding diaryl/α,β-unsaturated/α-hetero) is 1. The Labute approximate surface area is 123 Å². The van der Waals surface area contributed by atoms with Crippen LogP contribution in [0.1, 0.15) is 41.6 Å². The van der Waals surface area contributed by atoms with Gasteiger partial charge in [-0.15, -0.1) is 0 Å². The predicted molar refractivity (Wildman–Crippen MR) is 73.5 cm³/mol. The van der Waals surface area contributed by atoms with Crippen molar-refractivity contribution < 1.29 is 22.2 Å². The van der Waals surface area contributed by atoms with E-state index in [0.717, 1.165) is 18.9 Å². The Morgan fingerprint density at radius 1 is 1.10 bits per heavy atom. The molecule has 0 saturated carbocycles. The van der Waals surface area contributed by atoms with Crippen molar-refractivity contribution in [3.63, 3.8) is 0 Å². The summed E-state index contributed by atoms with van der Waals surface area (Å²) in [6, 6.07) is 4.94. The van der Waals surface area contributed by atoms with Crippen LogP contribution in [0.2, 0.25) is 0 Å². The van der Waals surface area contributed by atoms with E-state index in [4.69, 9.17) is 0 Å². The number of benzene rings is 1. The van der Waals surface area contributed by atoms with Gasteiger partial charge >= 0.3 is 6.18 Å². The standard InChI is InChI=1S/C15H15F3O2S/c16-15(17,18)13-4-2-1-3-12(13)14(19)9-7-10-5-6-11(8-9)21(10)20/h1-4,9-11H,5-8H2. The van der Waals surface area contributed by atoms with Crippen molar-refractivity contribution in [3.8, 4) is 0 Å². The van der Waals surface area contributed by atoms with Gasteiger partial charge in [0.1, 0.15) is 0 Å². The first-order valence-electron chi connectivity index (χ1n) is 6.97. The highest BCUT2D eigenvalue weighted by molar-refractivity contribution is 7.86. The molecule has 1 aromatic rings. The summed E-state index contributed by atoms with van der Waals surface area (Å²) in [6.45, 7) is 0. The molecular weight excluding hydrogens is 301 g/mol. The van der Waals surface area contributed by atoms with Crippen LogP contribution in [0.15, 0.2) is 24.3 Å². The average Bonchev–Trinajstić information content (AvgIpc) is 2.66. The lowest BCUT2D eigenvalue weighted by molar-refractivity contribution is -0.137. The van der Waals surface area contributed by atoms with E-state index in [1.165, 1.54) is 18.2 Å². The number of alkyl halides is 3. The van der Waals surface area contributed by atoms with Gasteiger partial charge in [-0.2, -0.15) is 13.2 Å². The Kier molecular flexibility index (Phi) is 3.67. The normalized spacial score (nSPS) is 32.1. The SMILES string of the molecule is O=C(c1ccccc1C(F)(F)F)C1CC2CCC(C1)S2=O. The third-order valence-corrected chi connectivity index (χ3v) is 6.60. The van der Waals surface area contributed by atoms with Gasteiger partial charge in [-0.3, -0.25) is 9.00 Å². The van der Waals surface area contributed by atoms with Gasteiger partial charge in [0, 0.05) is 32.8 Å². The van der Waals surface area contributed by atoms with Crippen molar-refractivity contribution in [3.05, 3.63) is 35.4 Å². The zero-order chi connectivity index (χ0) is 15.2. The molecule has 2 aliphatic rings. The highest BCUT2D eigenvalue weighted by Gasteiger charge is 2.44. The summed E-state index contributed by atoms with van der Waals surface area (Å²) in [6.07, 6.45) is -1.98. The number of rotatable bonds is 2. The van der Waals surface area contributed by atoms with Gasteiger partial charge in [0.25, 0.3) is 0 Å². The molecule has 0 spiro atoms. The van der Waals surface area contributed by atoms with E-state index in [1.807, 2.05) is 0 Å². The first-order valence-corrected chi connectivity index (χ1v) is 8.25. The molecule has 0 N–H and O–H groups in total. The molecule has 1 aromatic carbocycles. The Balaban J connectivity index is 1.89. The zero-order valence-corrected chi connectivity index (χ0v) is 12.0. The van der Waals surface area contributed by atoms with Crippen molar-refractivity contribution >= 4 is 16.6 Å². The fourth-order valence-corrected chi connectivity index (χ4v) is 5.54. The van der Waals surface area contributed by atoms with Crippen LogP contribution in [0.5, 0.6) is 0 Å². The minimum atomic E-state index is -4.53. The third-order valence-electron chi connectivity index (χ3n) is 4.43. The third kappa shape index (κ3) is 2.65. The molecule has 0 aromatic heterocycles. The predicted octanol–water partition coefficient (Wildman–Crippen LogP) is 3.58. The molecule has 6 heteroatoms. The number of carbonyl (C=O) groups is 1. The molecule has 0 aliphatic carbocycles. The van der Waals surface area contributed by atoms with Gasteiger partial charge in [0.15, 0.2) is 5.78 Å². The smallest absolute Gasteiger partial charge is 0.294 e. The summed E-state index contributed by atoms with van der Waals surface area (Å²) in [5, 5.41) is -0.0357. The van der Waals surface area contributed by atoms with E-state index in [1.54, 1.807) is 0 Å². The van der Waals surface area contributed by atoms with E-state index in [9.17, 15) is 22.2 Å². The Morgan fingerprint density at radius 3 is 2.24 bits per heavy atom. The van der Waals surface area contributed by atoms with Crippen LogP contribution in [0.3, 0.4) is 0 Å². The largest absolute Gasteiger partial charge is 0.417 e. The van der Waals surface area contributed by atoms with Gasteiger partial charge in [-0.25, -0.2) is 0 Å². The lowest BCUT2D eigenvalue weighted by Gasteiger charge is -2.27. The molecule has 2 heterocycles. The molecule has 21 heavy (non-hydrogen) atoms. The Bertz CT molecular complexity index is 581. The van der Waals surface area contributed by atoms with Crippen molar-refractivity contribution in [2.24, 2.45) is 5.92 Å². The van der Waals surface area contributed by atoms with Crippen LogP contribution in [0, 0.1) is 5.92 Å². The fourth-order valence-electron chi connectivity index (χ4n) is 3.41. The summed E-state index contributed by atoms with van der Waals surface area (Å²) in [7, 11) is -0.909. The summed E-state index contributed by atoms with van der Waals surface area (Å²) in [5.41, 5.74) is -1.11. The highest BCUT2D eigenvalue weighted by Crippen LogP contribution is 2.41. The number of hydrogen-bond donors (Lipinski definition) is 0. The van der Waals surface area contributed by atoms with E-state index < -0.39 is 34.2 Å². The molecule has 2 fully saturated rings. The maximum atomic E-state index is 13.0. The number of fused-ring (bicyclic) bond motifs is 2. The van der Waals surface area contributed by atoms with Crippen LogP contribution in [-0.2, 0) is 17.0 Å². The van der Waals surface area contributed by atoms with Crippen LogP contribution in [-0.4, -0.2) is 20.5 Å². The highest BCUT2D eigenvalue weighted by atomic mass is 32.2. The van der Waals surface area contributed by atoms with Gasteiger partial charge < -0.3 is 0 Å². The van der Waals surface area contributed by atoms with E-state index in [0.29, 0.717) is 12.8 Å². The van der Waals surface area contributed by atoms with Crippen molar-refractivity contribution in [2.75, 3.05) is 0 Å². The summed E-state index contributed by atoms with van der Waals surface area (Å²) >= 11 is 0. The Hall–Kier alpha value is -1.17. The molecule has 2 aliphatic heterocycles. The number of ketones is 1. The molecule has 0 radical (unpaired) electrons. The second-order valence-corrected chi connectivity index (χ2v) is 7.72. The minimum absolute atomic E-state index is 0.0178. The molecule has 0 amide bonds. The summed E-state index contributed by atoms with van der Waals surface area (Å²) in [4.78, 5) is 12.5. The van der Waals surface area contributed by atoms with Gasteiger partial charge in [-0.1, -0.05) is 18.2 Å². The molecule has 2 saturated heterocycles.